The molecule has 0 spiro atoms. The SMILES string of the molecule is [CH3-].[Hf].c1cc[cH-]c1.c1cc[cH-]c1.c1ccc([Si](c2ccccc2)c2ccccc2)cc1. The molecule has 0 aromatic heterocycles. The summed E-state index contributed by atoms with van der Waals surface area (Å²) in [6.07, 6.45) is 0. The second kappa shape index (κ2) is 16.2. The molecule has 0 fully saturated rings. The van der Waals surface area contributed by atoms with Gasteiger partial charge in [0.05, 0.1) is 0 Å². The molecule has 5 aromatic rings. The Bertz CT molecular complexity index is 822. The Balaban J connectivity index is 0.000000331. The Morgan fingerprint density at radius 3 is 0.839 bits per heavy atom. The van der Waals surface area contributed by atoms with Crippen molar-refractivity contribution in [3.05, 3.63) is 159 Å². The molecule has 5 rings (SSSR count). The summed E-state index contributed by atoms with van der Waals surface area (Å²) in [5.74, 6) is 0. The third-order valence-electron chi connectivity index (χ3n) is 4.30. The molecule has 0 nitrogen and oxygen atoms in total. The molecule has 1 radical (unpaired) electrons. The van der Waals surface area contributed by atoms with Crippen molar-refractivity contribution in [1.29, 1.82) is 0 Å². The van der Waals surface area contributed by atoms with E-state index in [9.17, 15) is 0 Å². The van der Waals surface area contributed by atoms with Crippen LogP contribution < -0.4 is 15.6 Å². The third-order valence-corrected chi connectivity index (χ3v) is 7.03. The largest absolute Gasteiger partial charge is 0.358 e. The summed E-state index contributed by atoms with van der Waals surface area (Å²) in [4.78, 5) is 0. The molecular formula is C29H28HfSi-3. The minimum absolute atomic E-state index is 0. The quantitative estimate of drug-likeness (QED) is 0.151. The topological polar surface area (TPSA) is 0 Å². The molecule has 0 heterocycles. The Morgan fingerprint density at radius 2 is 0.645 bits per heavy atom. The van der Waals surface area contributed by atoms with Crippen molar-refractivity contribution in [2.45, 2.75) is 0 Å². The summed E-state index contributed by atoms with van der Waals surface area (Å²) < 4.78 is 0. The molecule has 0 aliphatic rings. The molecule has 0 bridgehead atoms. The molecule has 155 valence electrons. The van der Waals surface area contributed by atoms with E-state index in [0.717, 1.165) is 0 Å². The van der Waals surface area contributed by atoms with Crippen LogP contribution in [0.15, 0.2) is 152 Å². The molecule has 0 saturated heterocycles. The van der Waals surface area contributed by atoms with E-state index in [-0.39, 0.29) is 33.3 Å². The molecule has 0 aliphatic heterocycles. The fraction of sp³-hybridized carbons (Fsp3) is 0. The average molecular weight is 583 g/mol. The molecule has 0 saturated carbocycles. The molecule has 31 heavy (non-hydrogen) atoms. The maximum absolute atomic E-state index is 2.24. The number of hydrogen-bond acceptors (Lipinski definition) is 0. The van der Waals surface area contributed by atoms with E-state index in [2.05, 4.69) is 91.0 Å². The Kier molecular flexibility index (Phi) is 13.8. The van der Waals surface area contributed by atoms with Crippen LogP contribution in [0.4, 0.5) is 0 Å². The maximum atomic E-state index is 2.24. The van der Waals surface area contributed by atoms with Crippen molar-refractivity contribution in [3.63, 3.8) is 0 Å². The van der Waals surface area contributed by atoms with Gasteiger partial charge in [-0.3, -0.25) is 0 Å². The van der Waals surface area contributed by atoms with Gasteiger partial charge in [-0.2, -0.15) is 36.4 Å². The summed E-state index contributed by atoms with van der Waals surface area (Å²) in [5, 5.41) is 4.31. The van der Waals surface area contributed by atoms with E-state index >= 15 is 0 Å². The van der Waals surface area contributed by atoms with Gasteiger partial charge in [-0.25, -0.2) is 24.3 Å². The standard InChI is InChI=1S/C18H15Si.2C5H5.CH3.Hf/c1-4-10-16(11-5-1)19(17-12-6-2-7-13-17)18-14-8-3-9-15-18;2*1-2-4-5-3-1;;/h1-15H;2*1-5H;1H3;/q;3*-1;. The van der Waals surface area contributed by atoms with Gasteiger partial charge in [-0.05, 0) is 0 Å². The fourth-order valence-corrected chi connectivity index (χ4v) is 5.53. The van der Waals surface area contributed by atoms with Crippen molar-refractivity contribution in [1.82, 2.24) is 0 Å². The Morgan fingerprint density at radius 1 is 0.387 bits per heavy atom. The van der Waals surface area contributed by atoms with Crippen molar-refractivity contribution in [3.8, 4) is 0 Å². The molecule has 0 atom stereocenters. The molecule has 0 unspecified atom stereocenters. The predicted molar refractivity (Wildman–Crippen MR) is 134 cm³/mol. The van der Waals surface area contributed by atoms with Crippen LogP contribution in [0.5, 0.6) is 0 Å². The van der Waals surface area contributed by atoms with Crippen LogP contribution in [-0.2, 0) is 25.8 Å². The van der Waals surface area contributed by atoms with Crippen LogP contribution >= 0.6 is 0 Å². The van der Waals surface area contributed by atoms with E-state index in [1.165, 1.54) is 15.6 Å². The summed E-state index contributed by atoms with van der Waals surface area (Å²) in [6.45, 7) is 0. The minimum Gasteiger partial charge on any atom is -0.358 e. The van der Waals surface area contributed by atoms with E-state index in [1.54, 1.807) is 0 Å². The van der Waals surface area contributed by atoms with Crippen LogP contribution in [0.1, 0.15) is 0 Å². The van der Waals surface area contributed by atoms with Gasteiger partial charge in [-0.15, -0.1) is 0 Å². The van der Waals surface area contributed by atoms with Gasteiger partial charge in [-0.1, -0.05) is 107 Å². The van der Waals surface area contributed by atoms with Crippen molar-refractivity contribution in [2.75, 3.05) is 0 Å². The summed E-state index contributed by atoms with van der Waals surface area (Å²) >= 11 is 0. The number of hydrogen-bond donors (Lipinski definition) is 0. The molecule has 0 amide bonds. The normalized spacial score (nSPS) is 9.06. The van der Waals surface area contributed by atoms with Gasteiger partial charge in [0.25, 0.3) is 0 Å². The van der Waals surface area contributed by atoms with E-state index in [4.69, 9.17) is 0 Å². The second-order valence-electron chi connectivity index (χ2n) is 6.40. The Labute approximate surface area is 208 Å². The van der Waals surface area contributed by atoms with Crippen LogP contribution in [0.3, 0.4) is 0 Å². The average Bonchev–Trinajstić information content (AvgIpc) is 3.55. The first-order chi connectivity index (χ1) is 14.4. The summed E-state index contributed by atoms with van der Waals surface area (Å²) in [6, 6.07) is 52.5. The molecule has 2 heteroatoms. The van der Waals surface area contributed by atoms with Crippen LogP contribution in [0.25, 0.3) is 0 Å². The minimum atomic E-state index is -0.877. The van der Waals surface area contributed by atoms with E-state index in [1.807, 2.05) is 60.7 Å². The first-order valence-electron chi connectivity index (χ1n) is 9.82. The smallest absolute Gasteiger partial charge is 0.154 e. The zero-order chi connectivity index (χ0) is 20.0. The van der Waals surface area contributed by atoms with Crippen LogP contribution in [0, 0.1) is 7.43 Å². The van der Waals surface area contributed by atoms with Gasteiger partial charge in [0, 0.05) is 25.8 Å². The van der Waals surface area contributed by atoms with E-state index in [0.29, 0.717) is 0 Å². The molecule has 5 aromatic carbocycles. The second-order valence-corrected chi connectivity index (χ2v) is 8.88. The zero-order valence-electron chi connectivity index (χ0n) is 17.9. The van der Waals surface area contributed by atoms with Crippen LogP contribution in [-0.4, -0.2) is 8.80 Å². The van der Waals surface area contributed by atoms with Gasteiger partial charge >= 0.3 is 0 Å². The van der Waals surface area contributed by atoms with Crippen molar-refractivity contribution >= 4 is 24.4 Å². The van der Waals surface area contributed by atoms with Gasteiger partial charge < -0.3 is 7.43 Å². The Hall–Kier alpha value is -2.55. The number of rotatable bonds is 3. The van der Waals surface area contributed by atoms with Gasteiger partial charge in [0.2, 0.25) is 0 Å². The summed E-state index contributed by atoms with van der Waals surface area (Å²) in [7, 11) is -0.877. The third kappa shape index (κ3) is 9.42. The van der Waals surface area contributed by atoms with E-state index < -0.39 is 8.80 Å². The predicted octanol–water partition coefficient (Wildman–Crippen LogP) is 5.46. The first kappa shape index (κ1) is 26.5. The van der Waals surface area contributed by atoms with Crippen molar-refractivity contribution < 1.29 is 25.8 Å². The van der Waals surface area contributed by atoms with Gasteiger partial charge in [0.15, 0.2) is 8.80 Å². The molecule has 0 aliphatic carbocycles. The van der Waals surface area contributed by atoms with Crippen molar-refractivity contribution in [2.24, 2.45) is 0 Å². The molecular weight excluding hydrogens is 555 g/mol. The van der Waals surface area contributed by atoms with Crippen LogP contribution in [0.2, 0.25) is 0 Å². The monoisotopic (exact) mass is 584 g/mol. The zero-order valence-corrected chi connectivity index (χ0v) is 22.5. The fourth-order valence-electron chi connectivity index (χ4n) is 2.96. The molecule has 0 N–H and O–H groups in total. The number of benzene rings is 3. The van der Waals surface area contributed by atoms with Gasteiger partial charge in [0.1, 0.15) is 0 Å². The first-order valence-corrected chi connectivity index (χ1v) is 11.3. The summed E-state index contributed by atoms with van der Waals surface area (Å²) in [5.41, 5.74) is 0. The maximum Gasteiger partial charge on any atom is 0.154 e.